The highest BCUT2D eigenvalue weighted by atomic mass is 35.5. The minimum Gasteiger partial charge on any atom is -0.382 e. The summed E-state index contributed by atoms with van der Waals surface area (Å²) in [5.74, 6) is 0.0723. The Morgan fingerprint density at radius 2 is 2.10 bits per heavy atom. The molecule has 0 saturated carbocycles. The van der Waals surface area contributed by atoms with Gasteiger partial charge in [0.2, 0.25) is 0 Å². The van der Waals surface area contributed by atoms with Crippen LogP contribution in [0.15, 0.2) is 24.3 Å². The highest BCUT2D eigenvalue weighted by Gasteiger charge is 2.15. The maximum atomic E-state index is 12.1. The van der Waals surface area contributed by atoms with Crippen molar-refractivity contribution in [2.24, 2.45) is 0 Å². The summed E-state index contributed by atoms with van der Waals surface area (Å²) in [4.78, 5) is 16.6. The number of aromatic nitrogens is 1. The fourth-order valence-corrected chi connectivity index (χ4v) is 2.77. The van der Waals surface area contributed by atoms with Gasteiger partial charge in [-0.2, -0.15) is 0 Å². The summed E-state index contributed by atoms with van der Waals surface area (Å²) in [5, 5.41) is 7.26. The zero-order chi connectivity index (χ0) is 15.2. The van der Waals surface area contributed by atoms with E-state index < -0.39 is 0 Å². The van der Waals surface area contributed by atoms with Gasteiger partial charge in [-0.25, -0.2) is 4.98 Å². The van der Waals surface area contributed by atoms with E-state index >= 15 is 0 Å². The van der Waals surface area contributed by atoms with Crippen LogP contribution in [-0.2, 0) is 6.42 Å². The molecule has 1 heterocycles. The van der Waals surface area contributed by atoms with E-state index in [0.29, 0.717) is 21.6 Å². The number of hydrogen-bond donors (Lipinski definition) is 3. The lowest BCUT2D eigenvalue weighted by atomic mass is 10.1. The molecule has 1 aromatic heterocycles. The van der Waals surface area contributed by atoms with Gasteiger partial charge in [0, 0.05) is 18.1 Å². The Morgan fingerprint density at radius 1 is 1.38 bits per heavy atom. The maximum Gasteiger partial charge on any atom is 0.265 e. The molecule has 2 rings (SSSR count). The van der Waals surface area contributed by atoms with Gasteiger partial charge >= 0.3 is 0 Å². The van der Waals surface area contributed by atoms with Crippen LogP contribution < -0.4 is 16.4 Å². The van der Waals surface area contributed by atoms with Gasteiger partial charge < -0.3 is 16.4 Å². The van der Waals surface area contributed by atoms with Gasteiger partial charge in [0.1, 0.15) is 10.7 Å². The van der Waals surface area contributed by atoms with E-state index in [1.165, 1.54) is 11.3 Å². The third kappa shape index (κ3) is 4.34. The number of nitrogens with one attached hydrogen (secondary N) is 2. The Morgan fingerprint density at radius 3 is 2.76 bits per heavy atom. The maximum absolute atomic E-state index is 12.1. The van der Waals surface area contributed by atoms with Crippen LogP contribution in [0.5, 0.6) is 0 Å². The molecule has 1 aromatic carbocycles. The van der Waals surface area contributed by atoms with Crippen LogP contribution in [0.3, 0.4) is 0 Å². The van der Waals surface area contributed by atoms with Crippen molar-refractivity contribution in [3.8, 4) is 0 Å². The van der Waals surface area contributed by atoms with Crippen molar-refractivity contribution in [2.45, 2.75) is 13.3 Å². The number of carbonyl (C=O) groups excluding carboxylic acids is 1. The van der Waals surface area contributed by atoms with Gasteiger partial charge in [0.05, 0.1) is 0 Å². The molecule has 0 unspecified atom stereocenters. The average molecular weight is 325 g/mol. The molecule has 21 heavy (non-hydrogen) atoms. The molecule has 0 aliphatic carbocycles. The van der Waals surface area contributed by atoms with Gasteiger partial charge in [-0.3, -0.25) is 4.79 Å². The Balaban J connectivity index is 1.88. The van der Waals surface area contributed by atoms with Crippen molar-refractivity contribution in [1.29, 1.82) is 0 Å². The number of anilines is 2. The summed E-state index contributed by atoms with van der Waals surface area (Å²) in [6, 6.07) is 7.56. The summed E-state index contributed by atoms with van der Waals surface area (Å²) in [6.45, 7) is 3.24. The molecule has 7 heteroatoms. The minimum absolute atomic E-state index is 0.192. The minimum atomic E-state index is -0.192. The normalized spacial score (nSPS) is 10.4. The second-order valence-corrected chi connectivity index (χ2v) is 5.83. The average Bonchev–Trinajstić information content (AvgIpc) is 2.82. The molecule has 5 nitrogen and oxygen atoms in total. The summed E-state index contributed by atoms with van der Waals surface area (Å²) >= 11 is 7.09. The molecule has 0 aliphatic heterocycles. The van der Waals surface area contributed by atoms with Gasteiger partial charge in [0.25, 0.3) is 5.91 Å². The molecule has 1 amide bonds. The SMILES string of the molecule is CCNc1nc(N)c(C(=O)NCCc2ccc(Cl)cc2)s1. The monoisotopic (exact) mass is 324 g/mol. The number of thiazole rings is 1. The van der Waals surface area contributed by atoms with Gasteiger partial charge in [-0.05, 0) is 31.0 Å². The van der Waals surface area contributed by atoms with Crippen molar-refractivity contribution in [3.05, 3.63) is 39.7 Å². The van der Waals surface area contributed by atoms with Crippen molar-refractivity contribution in [1.82, 2.24) is 10.3 Å². The lowest BCUT2D eigenvalue weighted by Crippen LogP contribution is -2.25. The number of nitrogens with two attached hydrogens (primary N) is 1. The Bertz CT molecular complexity index is 612. The van der Waals surface area contributed by atoms with Crippen LogP contribution in [-0.4, -0.2) is 24.0 Å². The largest absolute Gasteiger partial charge is 0.382 e. The summed E-state index contributed by atoms with van der Waals surface area (Å²) < 4.78 is 0. The Labute approximate surface area is 132 Å². The predicted octanol–water partition coefficient (Wildman–Crippen LogP) is 2.78. The summed E-state index contributed by atoms with van der Waals surface area (Å²) in [5.41, 5.74) is 6.87. The van der Waals surface area contributed by atoms with E-state index in [4.69, 9.17) is 17.3 Å². The first-order valence-electron chi connectivity index (χ1n) is 6.63. The molecular weight excluding hydrogens is 308 g/mol. The molecule has 112 valence electrons. The third-order valence-corrected chi connectivity index (χ3v) is 4.08. The molecular formula is C14H17ClN4OS. The summed E-state index contributed by atoms with van der Waals surface area (Å²) in [7, 11) is 0. The van der Waals surface area contributed by atoms with Crippen LogP contribution in [0.4, 0.5) is 10.9 Å². The molecule has 0 aliphatic rings. The van der Waals surface area contributed by atoms with E-state index in [-0.39, 0.29) is 11.7 Å². The van der Waals surface area contributed by atoms with Crippen LogP contribution in [0.25, 0.3) is 0 Å². The lowest BCUT2D eigenvalue weighted by molar-refractivity contribution is 0.0959. The van der Waals surface area contributed by atoms with Gasteiger partial charge in [-0.15, -0.1) is 0 Å². The zero-order valence-electron chi connectivity index (χ0n) is 11.6. The van der Waals surface area contributed by atoms with Crippen molar-refractivity contribution >= 4 is 39.8 Å². The molecule has 2 aromatic rings. The fourth-order valence-electron chi connectivity index (χ4n) is 1.77. The fraction of sp³-hybridized carbons (Fsp3) is 0.286. The zero-order valence-corrected chi connectivity index (χ0v) is 13.2. The van der Waals surface area contributed by atoms with E-state index in [1.54, 1.807) is 0 Å². The van der Waals surface area contributed by atoms with E-state index in [0.717, 1.165) is 18.5 Å². The molecule has 0 radical (unpaired) electrons. The number of amides is 1. The van der Waals surface area contributed by atoms with Crippen LogP contribution >= 0.6 is 22.9 Å². The van der Waals surface area contributed by atoms with E-state index in [9.17, 15) is 4.79 Å². The predicted molar refractivity (Wildman–Crippen MR) is 88.2 cm³/mol. The Kier molecular flexibility index (Phi) is 5.41. The highest BCUT2D eigenvalue weighted by Crippen LogP contribution is 2.24. The van der Waals surface area contributed by atoms with E-state index in [1.807, 2.05) is 31.2 Å². The number of nitrogens with zero attached hydrogens (tertiary/aromatic N) is 1. The molecule has 4 N–H and O–H groups in total. The van der Waals surface area contributed by atoms with Crippen LogP contribution in [0.1, 0.15) is 22.2 Å². The summed E-state index contributed by atoms with van der Waals surface area (Å²) in [6.07, 6.45) is 0.738. The van der Waals surface area contributed by atoms with Gasteiger partial charge in [-0.1, -0.05) is 35.1 Å². The molecule has 0 saturated heterocycles. The number of carbonyl (C=O) groups is 1. The second-order valence-electron chi connectivity index (χ2n) is 4.40. The first-order valence-corrected chi connectivity index (χ1v) is 7.82. The number of nitrogen functional groups attached to an aromatic ring is 1. The number of rotatable bonds is 6. The second kappa shape index (κ2) is 7.28. The number of benzene rings is 1. The molecule has 0 atom stereocenters. The molecule has 0 fully saturated rings. The quantitative estimate of drug-likeness (QED) is 0.763. The van der Waals surface area contributed by atoms with Crippen molar-refractivity contribution in [3.63, 3.8) is 0 Å². The smallest absolute Gasteiger partial charge is 0.265 e. The number of halogens is 1. The van der Waals surface area contributed by atoms with Crippen LogP contribution in [0.2, 0.25) is 5.02 Å². The van der Waals surface area contributed by atoms with E-state index in [2.05, 4.69) is 15.6 Å². The standard InChI is InChI=1S/C14H17ClN4OS/c1-2-17-14-19-12(16)11(21-14)13(20)18-8-7-9-3-5-10(15)6-4-9/h3-6H,2,7-8,16H2,1H3,(H,17,19)(H,18,20). The van der Waals surface area contributed by atoms with Crippen molar-refractivity contribution in [2.75, 3.05) is 24.1 Å². The number of hydrogen-bond acceptors (Lipinski definition) is 5. The molecule has 0 bridgehead atoms. The van der Waals surface area contributed by atoms with Crippen LogP contribution in [0, 0.1) is 0 Å². The first-order chi connectivity index (χ1) is 10.1. The van der Waals surface area contributed by atoms with Gasteiger partial charge in [0.15, 0.2) is 5.13 Å². The topological polar surface area (TPSA) is 80.0 Å². The van der Waals surface area contributed by atoms with Crippen molar-refractivity contribution < 1.29 is 4.79 Å². The lowest BCUT2D eigenvalue weighted by Gasteiger charge is -2.04. The highest BCUT2D eigenvalue weighted by molar-refractivity contribution is 7.18. The molecule has 0 spiro atoms. The Hall–Kier alpha value is -1.79. The third-order valence-electron chi connectivity index (χ3n) is 2.80. The first kappa shape index (κ1) is 15.6.